The van der Waals surface area contributed by atoms with Gasteiger partial charge in [0.15, 0.2) is 5.96 Å². The van der Waals surface area contributed by atoms with Crippen LogP contribution in [-0.2, 0) is 4.74 Å². The van der Waals surface area contributed by atoms with Gasteiger partial charge in [-0.2, -0.15) is 11.8 Å². The van der Waals surface area contributed by atoms with E-state index in [9.17, 15) is 0 Å². The van der Waals surface area contributed by atoms with Crippen LogP contribution in [0.2, 0.25) is 5.02 Å². The van der Waals surface area contributed by atoms with Crippen molar-refractivity contribution in [2.24, 2.45) is 4.99 Å². The molecule has 2 atom stereocenters. The molecule has 0 aliphatic carbocycles. The first-order valence-electron chi connectivity index (χ1n) is 7.57. The summed E-state index contributed by atoms with van der Waals surface area (Å²) in [5.74, 6) is 0.816. The van der Waals surface area contributed by atoms with E-state index >= 15 is 0 Å². The third-order valence-corrected chi connectivity index (χ3v) is 4.95. The largest absolute Gasteiger partial charge is 0.376 e. The number of guanidine groups is 1. The first-order valence-corrected chi connectivity index (χ1v) is 9.24. The molecule has 7 heteroatoms. The smallest absolute Gasteiger partial charge is 0.191 e. The second-order valence-corrected chi connectivity index (χ2v) is 6.73. The topological polar surface area (TPSA) is 45.7 Å². The number of benzene rings is 1. The number of rotatable bonds is 6. The lowest BCUT2D eigenvalue weighted by Gasteiger charge is -2.19. The molecule has 1 saturated heterocycles. The maximum atomic E-state index is 6.08. The lowest BCUT2D eigenvalue weighted by molar-refractivity contribution is 0.114. The van der Waals surface area contributed by atoms with Crippen molar-refractivity contribution < 1.29 is 4.74 Å². The van der Waals surface area contributed by atoms with Gasteiger partial charge >= 0.3 is 0 Å². The highest BCUT2D eigenvalue weighted by Gasteiger charge is 2.16. The van der Waals surface area contributed by atoms with Crippen LogP contribution >= 0.6 is 47.3 Å². The van der Waals surface area contributed by atoms with Crippen LogP contribution < -0.4 is 10.6 Å². The van der Waals surface area contributed by atoms with E-state index in [-0.39, 0.29) is 24.0 Å². The Morgan fingerprint density at radius 2 is 2.30 bits per heavy atom. The van der Waals surface area contributed by atoms with Crippen molar-refractivity contribution in [3.63, 3.8) is 0 Å². The molecule has 1 aromatic carbocycles. The monoisotopic (exact) mass is 469 g/mol. The molecule has 0 aromatic heterocycles. The van der Waals surface area contributed by atoms with E-state index in [4.69, 9.17) is 16.3 Å². The van der Waals surface area contributed by atoms with Crippen LogP contribution in [0.3, 0.4) is 0 Å². The minimum Gasteiger partial charge on any atom is -0.376 e. The fraction of sp³-hybridized carbons (Fsp3) is 0.562. The summed E-state index contributed by atoms with van der Waals surface area (Å²) in [5.41, 5.74) is 1.22. The summed E-state index contributed by atoms with van der Waals surface area (Å²) in [4.78, 5) is 4.27. The number of aliphatic imine (C=N–C) groups is 1. The van der Waals surface area contributed by atoms with E-state index in [0.717, 1.165) is 43.5 Å². The Bertz CT molecular complexity index is 498. The molecule has 2 unspecified atom stereocenters. The molecule has 1 aliphatic rings. The van der Waals surface area contributed by atoms with Crippen molar-refractivity contribution in [2.75, 3.05) is 33.0 Å². The van der Waals surface area contributed by atoms with Gasteiger partial charge in [-0.25, -0.2) is 0 Å². The molecule has 0 bridgehead atoms. The molecule has 0 saturated carbocycles. The maximum Gasteiger partial charge on any atom is 0.191 e. The summed E-state index contributed by atoms with van der Waals surface area (Å²) in [7, 11) is 1.79. The van der Waals surface area contributed by atoms with E-state index in [1.165, 1.54) is 5.56 Å². The molecule has 1 aliphatic heterocycles. The Morgan fingerprint density at radius 3 is 2.91 bits per heavy atom. The SMILES string of the molecule is CN=C(NCC1CCCO1)NCC(SC)c1cccc(Cl)c1.I. The second kappa shape index (κ2) is 11.4. The van der Waals surface area contributed by atoms with Crippen LogP contribution in [-0.4, -0.2) is 45.1 Å². The predicted octanol–water partition coefficient (Wildman–Crippen LogP) is 3.71. The van der Waals surface area contributed by atoms with Crippen LogP contribution in [0.15, 0.2) is 29.3 Å². The fourth-order valence-electron chi connectivity index (χ4n) is 2.47. The zero-order valence-electron chi connectivity index (χ0n) is 13.5. The van der Waals surface area contributed by atoms with Crippen LogP contribution in [0.25, 0.3) is 0 Å². The summed E-state index contributed by atoms with van der Waals surface area (Å²) in [6.45, 7) is 2.48. The number of hydrogen-bond acceptors (Lipinski definition) is 3. The first-order chi connectivity index (χ1) is 10.7. The van der Waals surface area contributed by atoms with Gasteiger partial charge in [0.2, 0.25) is 0 Å². The molecule has 0 radical (unpaired) electrons. The molecular weight excluding hydrogens is 445 g/mol. The molecule has 2 rings (SSSR count). The van der Waals surface area contributed by atoms with Crippen molar-refractivity contribution in [3.8, 4) is 0 Å². The van der Waals surface area contributed by atoms with Crippen molar-refractivity contribution in [1.82, 2.24) is 10.6 Å². The zero-order valence-corrected chi connectivity index (χ0v) is 17.5. The molecule has 4 nitrogen and oxygen atoms in total. The van der Waals surface area contributed by atoms with Gasteiger partial charge in [-0.1, -0.05) is 23.7 Å². The fourth-order valence-corrected chi connectivity index (χ4v) is 3.34. The summed E-state index contributed by atoms with van der Waals surface area (Å²) < 4.78 is 5.61. The minimum absolute atomic E-state index is 0. The Kier molecular flexibility index (Phi) is 10.3. The molecule has 1 heterocycles. The zero-order chi connectivity index (χ0) is 15.8. The van der Waals surface area contributed by atoms with Gasteiger partial charge in [-0.15, -0.1) is 24.0 Å². The Hall–Kier alpha value is -0.180. The maximum absolute atomic E-state index is 6.08. The van der Waals surface area contributed by atoms with Crippen LogP contribution in [0.1, 0.15) is 23.7 Å². The predicted molar refractivity (Wildman–Crippen MR) is 111 cm³/mol. The van der Waals surface area contributed by atoms with Gasteiger partial charge in [-0.3, -0.25) is 4.99 Å². The molecular formula is C16H25ClIN3OS. The Morgan fingerprint density at radius 1 is 1.48 bits per heavy atom. The van der Waals surface area contributed by atoms with Crippen molar-refractivity contribution in [1.29, 1.82) is 0 Å². The molecule has 0 amide bonds. The molecule has 23 heavy (non-hydrogen) atoms. The molecule has 0 spiro atoms. The quantitative estimate of drug-likeness (QED) is 0.379. The van der Waals surface area contributed by atoms with Gasteiger partial charge in [0, 0.05) is 37.0 Å². The summed E-state index contributed by atoms with van der Waals surface area (Å²) in [6.07, 6.45) is 4.69. The third-order valence-electron chi connectivity index (χ3n) is 3.70. The van der Waals surface area contributed by atoms with Crippen molar-refractivity contribution in [3.05, 3.63) is 34.9 Å². The van der Waals surface area contributed by atoms with Gasteiger partial charge < -0.3 is 15.4 Å². The Labute approximate surface area is 165 Å². The molecule has 2 N–H and O–H groups in total. The number of halogens is 2. The van der Waals surface area contributed by atoms with Crippen LogP contribution in [0.5, 0.6) is 0 Å². The number of hydrogen-bond donors (Lipinski definition) is 2. The van der Waals surface area contributed by atoms with Crippen LogP contribution in [0.4, 0.5) is 0 Å². The van der Waals surface area contributed by atoms with E-state index in [2.05, 4.69) is 27.9 Å². The lowest BCUT2D eigenvalue weighted by atomic mass is 10.1. The first kappa shape index (κ1) is 20.9. The highest BCUT2D eigenvalue weighted by atomic mass is 127. The van der Waals surface area contributed by atoms with Crippen LogP contribution in [0, 0.1) is 0 Å². The third kappa shape index (κ3) is 7.07. The lowest BCUT2D eigenvalue weighted by Crippen LogP contribution is -2.42. The molecule has 1 fully saturated rings. The number of ether oxygens (including phenoxy) is 1. The average molecular weight is 470 g/mol. The van der Waals surface area contributed by atoms with E-state index < -0.39 is 0 Å². The van der Waals surface area contributed by atoms with Crippen molar-refractivity contribution in [2.45, 2.75) is 24.2 Å². The van der Waals surface area contributed by atoms with E-state index in [0.29, 0.717) is 11.4 Å². The van der Waals surface area contributed by atoms with Gasteiger partial charge in [0.1, 0.15) is 0 Å². The molecule has 1 aromatic rings. The van der Waals surface area contributed by atoms with Crippen molar-refractivity contribution >= 4 is 53.3 Å². The molecule has 130 valence electrons. The highest BCUT2D eigenvalue weighted by molar-refractivity contribution is 14.0. The van der Waals surface area contributed by atoms with Gasteiger partial charge in [-0.05, 0) is 36.8 Å². The Balaban J connectivity index is 0.00000264. The standard InChI is InChI=1S/C16H24ClN3OS.HI/c1-18-16(19-10-14-7-4-8-21-14)20-11-15(22-2)12-5-3-6-13(17)9-12;/h3,5-6,9,14-15H,4,7-8,10-11H2,1-2H3,(H2,18,19,20);1H. The van der Waals surface area contributed by atoms with Gasteiger partial charge in [0.05, 0.1) is 6.10 Å². The summed E-state index contributed by atoms with van der Waals surface area (Å²) >= 11 is 7.88. The highest BCUT2D eigenvalue weighted by Crippen LogP contribution is 2.27. The van der Waals surface area contributed by atoms with E-state index in [1.54, 1.807) is 18.8 Å². The number of thioether (sulfide) groups is 1. The summed E-state index contributed by atoms with van der Waals surface area (Å²) in [5, 5.41) is 7.82. The summed E-state index contributed by atoms with van der Waals surface area (Å²) in [6, 6.07) is 8.02. The minimum atomic E-state index is 0. The normalized spacial score (nSPS) is 19.1. The van der Waals surface area contributed by atoms with Gasteiger partial charge in [0.25, 0.3) is 0 Å². The number of nitrogens with one attached hydrogen (secondary N) is 2. The average Bonchev–Trinajstić information content (AvgIpc) is 3.04. The second-order valence-electron chi connectivity index (χ2n) is 5.25. The van der Waals surface area contributed by atoms with E-state index in [1.807, 2.05) is 18.2 Å². The number of nitrogens with zero attached hydrogens (tertiary/aromatic N) is 1.